The number of carbonyl (C=O) groups excluding carboxylic acids is 1. The second-order valence-electron chi connectivity index (χ2n) is 10.6. The number of rotatable bonds is 15. The second kappa shape index (κ2) is 15.9. The number of hydrogen-bond donors (Lipinski definition) is 3. The van der Waals surface area contributed by atoms with E-state index in [1.54, 1.807) is 52.6 Å². The number of carbonyl (C=O) groups is 2. The Labute approximate surface area is 268 Å². The molecule has 0 spiro atoms. The fourth-order valence-electron chi connectivity index (χ4n) is 4.37. The molecule has 0 fully saturated rings. The fraction of sp³-hybridized carbons (Fsp3) is 0.303. The van der Waals surface area contributed by atoms with Crippen LogP contribution >= 0.6 is 0 Å². The van der Waals surface area contributed by atoms with Crippen molar-refractivity contribution in [3.63, 3.8) is 0 Å². The molecule has 0 saturated carbocycles. The summed E-state index contributed by atoms with van der Waals surface area (Å²) in [6.45, 7) is 1.02. The number of nitrogens with zero attached hydrogens (tertiary/aromatic N) is 5. The SMILES string of the molecule is COc1ccc(CCN(C)c2nc(NCc3ccccc3)nc(N[C@@H](Cc3ccc(OC(=O)N(C)C)cc3)C(=O)O)n2)cc1OC. The van der Waals surface area contributed by atoms with E-state index in [9.17, 15) is 14.7 Å². The van der Waals surface area contributed by atoms with E-state index in [0.717, 1.165) is 11.1 Å². The molecule has 0 unspecified atom stereocenters. The lowest BCUT2D eigenvalue weighted by Crippen LogP contribution is -2.33. The maximum Gasteiger partial charge on any atom is 0.414 e. The van der Waals surface area contributed by atoms with Crippen molar-refractivity contribution in [2.75, 3.05) is 57.4 Å². The van der Waals surface area contributed by atoms with E-state index >= 15 is 0 Å². The maximum absolute atomic E-state index is 12.3. The van der Waals surface area contributed by atoms with Crippen molar-refractivity contribution in [1.82, 2.24) is 19.9 Å². The van der Waals surface area contributed by atoms with E-state index in [4.69, 9.17) is 14.2 Å². The van der Waals surface area contributed by atoms with Crippen molar-refractivity contribution in [1.29, 1.82) is 0 Å². The van der Waals surface area contributed by atoms with Gasteiger partial charge in [-0.3, -0.25) is 0 Å². The van der Waals surface area contributed by atoms with Crippen molar-refractivity contribution in [3.05, 3.63) is 89.5 Å². The maximum atomic E-state index is 12.3. The van der Waals surface area contributed by atoms with Crippen molar-refractivity contribution in [2.45, 2.75) is 25.4 Å². The van der Waals surface area contributed by atoms with E-state index < -0.39 is 18.1 Å². The first-order valence-corrected chi connectivity index (χ1v) is 14.6. The van der Waals surface area contributed by atoms with Crippen LogP contribution in [0.4, 0.5) is 22.6 Å². The highest BCUT2D eigenvalue weighted by atomic mass is 16.6. The highest BCUT2D eigenvalue weighted by Gasteiger charge is 2.21. The van der Waals surface area contributed by atoms with Gasteiger partial charge in [0.1, 0.15) is 11.8 Å². The average molecular weight is 630 g/mol. The van der Waals surface area contributed by atoms with Gasteiger partial charge in [0.2, 0.25) is 17.8 Å². The summed E-state index contributed by atoms with van der Waals surface area (Å²) in [5, 5.41) is 16.3. The number of methoxy groups -OCH3 is 2. The number of aliphatic carboxylic acids is 1. The largest absolute Gasteiger partial charge is 0.493 e. The molecule has 0 aliphatic carbocycles. The van der Waals surface area contributed by atoms with Crippen molar-refractivity contribution in [2.24, 2.45) is 0 Å². The van der Waals surface area contributed by atoms with Crippen LogP contribution < -0.4 is 29.7 Å². The molecule has 13 heteroatoms. The summed E-state index contributed by atoms with van der Waals surface area (Å²) in [5.74, 6) is 1.35. The van der Waals surface area contributed by atoms with Crippen molar-refractivity contribution in [3.8, 4) is 17.2 Å². The molecule has 1 atom stereocenters. The lowest BCUT2D eigenvalue weighted by molar-refractivity contribution is -0.137. The van der Waals surface area contributed by atoms with Gasteiger partial charge in [-0.1, -0.05) is 48.5 Å². The lowest BCUT2D eigenvalue weighted by Gasteiger charge is -2.20. The lowest BCUT2D eigenvalue weighted by atomic mass is 10.1. The minimum Gasteiger partial charge on any atom is -0.493 e. The molecule has 13 nitrogen and oxygen atoms in total. The first kappa shape index (κ1) is 33.3. The molecule has 3 aromatic carbocycles. The third-order valence-corrected chi connectivity index (χ3v) is 6.98. The zero-order valence-corrected chi connectivity index (χ0v) is 26.6. The summed E-state index contributed by atoms with van der Waals surface area (Å²) >= 11 is 0. The molecule has 4 rings (SSSR count). The van der Waals surface area contributed by atoms with Crippen LogP contribution in [0.3, 0.4) is 0 Å². The summed E-state index contributed by atoms with van der Waals surface area (Å²) in [5.41, 5.74) is 2.78. The van der Waals surface area contributed by atoms with Gasteiger partial charge >= 0.3 is 12.1 Å². The van der Waals surface area contributed by atoms with Crippen LogP contribution in [-0.4, -0.2) is 85.0 Å². The van der Waals surface area contributed by atoms with Gasteiger partial charge in [0.15, 0.2) is 11.5 Å². The number of benzene rings is 3. The third kappa shape index (κ3) is 9.45. The van der Waals surface area contributed by atoms with Crippen LogP contribution in [0.5, 0.6) is 17.2 Å². The quantitative estimate of drug-likeness (QED) is 0.172. The molecule has 0 aliphatic rings. The first-order valence-electron chi connectivity index (χ1n) is 14.6. The normalized spacial score (nSPS) is 11.2. The number of carboxylic acid groups (broad SMARTS) is 1. The highest BCUT2D eigenvalue weighted by molar-refractivity contribution is 5.77. The summed E-state index contributed by atoms with van der Waals surface area (Å²) in [4.78, 5) is 41.0. The predicted molar refractivity (Wildman–Crippen MR) is 175 cm³/mol. The molecule has 0 saturated heterocycles. The number of likely N-dealkylation sites (N-methyl/N-ethyl adjacent to an activating group) is 1. The van der Waals surface area contributed by atoms with Gasteiger partial charge in [0, 0.05) is 40.7 Å². The molecule has 4 aromatic rings. The molecule has 1 amide bonds. The number of aromatic nitrogens is 3. The molecule has 0 bridgehead atoms. The van der Waals surface area contributed by atoms with Crippen molar-refractivity contribution < 1.29 is 28.9 Å². The van der Waals surface area contributed by atoms with Gasteiger partial charge in [-0.25, -0.2) is 9.59 Å². The molecule has 3 N–H and O–H groups in total. The molecule has 0 radical (unpaired) electrons. The van der Waals surface area contributed by atoms with E-state index in [1.807, 2.05) is 60.5 Å². The van der Waals surface area contributed by atoms with Gasteiger partial charge in [-0.05, 0) is 47.4 Å². The van der Waals surface area contributed by atoms with Crippen LogP contribution in [-0.2, 0) is 24.2 Å². The van der Waals surface area contributed by atoms with Gasteiger partial charge in [-0.2, -0.15) is 15.0 Å². The monoisotopic (exact) mass is 629 g/mol. The van der Waals surface area contributed by atoms with Crippen LogP contribution in [0.15, 0.2) is 72.8 Å². The molecule has 1 aromatic heterocycles. The molecular weight excluding hydrogens is 590 g/mol. The van der Waals surface area contributed by atoms with Gasteiger partial charge < -0.3 is 39.8 Å². The molecule has 1 heterocycles. The third-order valence-electron chi connectivity index (χ3n) is 6.98. The standard InChI is InChI=1S/C33H39N7O6/c1-39(2)33(43)46-25-14-11-22(12-15-25)19-26(29(41)42)35-31-36-30(34-21-24-9-7-6-8-10-24)37-32(38-31)40(3)18-17-23-13-16-27(44-4)28(20-23)45-5/h6-16,20,26H,17-19,21H2,1-5H3,(H,41,42)(H2,34,35,36,37,38)/t26-/m0/s1. The van der Waals surface area contributed by atoms with Gasteiger partial charge in [0.25, 0.3) is 0 Å². The zero-order valence-electron chi connectivity index (χ0n) is 26.6. The van der Waals surface area contributed by atoms with E-state index in [-0.39, 0.29) is 12.4 Å². The Morgan fingerprint density at radius 2 is 1.50 bits per heavy atom. The van der Waals surface area contributed by atoms with E-state index in [1.165, 1.54) is 4.90 Å². The van der Waals surface area contributed by atoms with Crippen LogP contribution in [0, 0.1) is 0 Å². The van der Waals surface area contributed by atoms with E-state index in [2.05, 4.69) is 25.6 Å². The topological polar surface area (TPSA) is 151 Å². The summed E-state index contributed by atoms with van der Waals surface area (Å²) in [6, 6.07) is 21.2. The van der Waals surface area contributed by atoms with Crippen LogP contribution in [0.25, 0.3) is 0 Å². The fourth-order valence-corrected chi connectivity index (χ4v) is 4.37. The number of amides is 1. The smallest absolute Gasteiger partial charge is 0.414 e. The summed E-state index contributed by atoms with van der Waals surface area (Å²) in [7, 11) is 8.23. The number of anilines is 3. The Kier molecular flexibility index (Phi) is 11.5. The summed E-state index contributed by atoms with van der Waals surface area (Å²) in [6.07, 6.45) is 0.282. The molecule has 242 valence electrons. The van der Waals surface area contributed by atoms with Gasteiger partial charge in [-0.15, -0.1) is 0 Å². The minimum atomic E-state index is -1.08. The second-order valence-corrected chi connectivity index (χ2v) is 10.6. The number of carboxylic acids is 1. The molecular formula is C33H39N7O6. The highest BCUT2D eigenvalue weighted by Crippen LogP contribution is 2.28. The molecule has 46 heavy (non-hydrogen) atoms. The average Bonchev–Trinajstić information content (AvgIpc) is 3.06. The minimum absolute atomic E-state index is 0.113. The number of hydrogen-bond acceptors (Lipinski definition) is 11. The molecule has 0 aliphatic heterocycles. The predicted octanol–water partition coefficient (Wildman–Crippen LogP) is 4.35. The Morgan fingerprint density at radius 3 is 2.15 bits per heavy atom. The number of nitrogens with one attached hydrogen (secondary N) is 2. The van der Waals surface area contributed by atoms with Crippen molar-refractivity contribution >= 4 is 29.9 Å². The first-order chi connectivity index (χ1) is 22.1. The van der Waals surface area contributed by atoms with Crippen LogP contribution in [0.2, 0.25) is 0 Å². The Bertz CT molecular complexity index is 1600. The van der Waals surface area contributed by atoms with E-state index in [0.29, 0.717) is 54.2 Å². The Hall–Kier alpha value is -5.59. The zero-order chi connectivity index (χ0) is 33.1. The number of ether oxygens (including phenoxy) is 3. The summed E-state index contributed by atoms with van der Waals surface area (Å²) < 4.78 is 16.0. The Morgan fingerprint density at radius 1 is 0.826 bits per heavy atom. The van der Waals surface area contributed by atoms with Gasteiger partial charge in [0.05, 0.1) is 14.2 Å². The van der Waals surface area contributed by atoms with Crippen LogP contribution in [0.1, 0.15) is 16.7 Å². The Balaban J connectivity index is 1.52.